The molecule has 1 aromatic rings. The summed E-state index contributed by atoms with van der Waals surface area (Å²) in [6.45, 7) is 0. The Hall–Kier alpha value is -1.68. The van der Waals surface area contributed by atoms with Gasteiger partial charge in [-0.2, -0.15) is 65.9 Å². The van der Waals surface area contributed by atoms with Gasteiger partial charge in [0.25, 0.3) is 0 Å². The highest BCUT2D eigenvalue weighted by atomic mass is 32.2. The maximum atomic E-state index is 13.7. The molecule has 0 atom stereocenters. The van der Waals surface area contributed by atoms with E-state index in [9.17, 15) is 65.9 Å². The molecule has 1 aromatic carbocycles. The fraction of sp³-hybridized carbons (Fsp3) is 0.571. The minimum atomic E-state index is -8.29. The molecule has 0 bridgehead atoms. The van der Waals surface area contributed by atoms with Crippen LogP contribution in [0.1, 0.15) is 0 Å². The van der Waals surface area contributed by atoms with Gasteiger partial charge in [-0.05, 0) is 36.0 Å². The molecule has 0 saturated heterocycles. The third-order valence-electron chi connectivity index (χ3n) is 3.60. The number of rotatable bonds is 8. The van der Waals surface area contributed by atoms with Gasteiger partial charge >= 0.3 is 41.0 Å². The summed E-state index contributed by atoms with van der Waals surface area (Å²) in [5.74, 6) is -40.2. The van der Waals surface area contributed by atoms with Gasteiger partial charge in [0.15, 0.2) is 0 Å². The van der Waals surface area contributed by atoms with Crippen molar-refractivity contribution in [3.05, 3.63) is 24.3 Å². The van der Waals surface area contributed by atoms with E-state index in [1.165, 1.54) is 0 Å². The van der Waals surface area contributed by atoms with Gasteiger partial charge in [-0.1, -0.05) is 0 Å². The molecule has 31 heavy (non-hydrogen) atoms. The van der Waals surface area contributed by atoms with E-state index in [4.69, 9.17) is 0 Å². The molecule has 0 N–H and O–H groups in total. The first-order chi connectivity index (χ1) is 13.5. The first kappa shape index (κ1) is 27.4. The van der Waals surface area contributed by atoms with Crippen LogP contribution in [0.4, 0.5) is 65.9 Å². The highest BCUT2D eigenvalue weighted by Gasteiger charge is 2.93. The summed E-state index contributed by atoms with van der Waals surface area (Å²) in [6, 6.07) is 2.66. The monoisotopic (exact) mass is 508 g/mol. The molecule has 180 valence electrons. The third-order valence-corrected chi connectivity index (χ3v) is 4.62. The van der Waals surface area contributed by atoms with E-state index in [1.807, 2.05) is 0 Å². The molecular weight excluding hydrogens is 501 g/mol. The minimum Gasteiger partial charge on any atom is -0.497 e. The quantitative estimate of drug-likeness (QED) is 0.273. The van der Waals surface area contributed by atoms with Crippen molar-refractivity contribution in [3.8, 4) is 5.75 Å². The topological polar surface area (TPSA) is 9.23 Å². The predicted octanol–water partition coefficient (Wildman–Crippen LogP) is 7.12. The van der Waals surface area contributed by atoms with Crippen molar-refractivity contribution >= 4 is 11.8 Å². The van der Waals surface area contributed by atoms with E-state index in [-0.39, 0.29) is 5.75 Å². The maximum Gasteiger partial charge on any atom is 0.460 e. The lowest BCUT2D eigenvalue weighted by molar-refractivity contribution is -0.447. The van der Waals surface area contributed by atoms with Crippen molar-refractivity contribution in [1.29, 1.82) is 0 Å². The van der Waals surface area contributed by atoms with Crippen LogP contribution in [0, 0.1) is 0 Å². The number of methoxy groups -OCH3 is 1. The lowest BCUT2D eigenvalue weighted by Gasteiger charge is -2.41. The molecule has 17 heteroatoms. The van der Waals surface area contributed by atoms with E-state index in [1.54, 1.807) is 0 Å². The average Bonchev–Trinajstić information content (AvgIpc) is 2.60. The molecule has 0 amide bonds. The molecule has 1 rings (SSSR count). The zero-order valence-electron chi connectivity index (χ0n) is 14.3. The second kappa shape index (κ2) is 7.72. The Morgan fingerprint density at radius 1 is 0.548 bits per heavy atom. The van der Waals surface area contributed by atoms with Crippen molar-refractivity contribution in [2.75, 3.05) is 7.11 Å². The normalized spacial score (nSPS) is 15.2. The first-order valence-corrected chi connectivity index (χ1v) is 7.99. The van der Waals surface area contributed by atoms with Crippen LogP contribution < -0.4 is 4.74 Å². The first-order valence-electron chi connectivity index (χ1n) is 7.18. The SMILES string of the molecule is COc1ccc(SC(F)(F)C(F)(F)C(F)(F)C(F)(F)C(F)(F)C(F)(F)C(F)(F)F)cc1. The number of alkyl halides is 15. The van der Waals surface area contributed by atoms with Crippen molar-refractivity contribution in [3.63, 3.8) is 0 Å². The largest absolute Gasteiger partial charge is 0.497 e. The molecule has 0 heterocycles. The molecular formula is C14H7F15OS. The summed E-state index contributed by atoms with van der Waals surface area (Å²) >= 11 is -1.57. The van der Waals surface area contributed by atoms with Crippen LogP contribution in [0.3, 0.4) is 0 Å². The maximum absolute atomic E-state index is 13.7. The fourth-order valence-electron chi connectivity index (χ4n) is 1.81. The van der Waals surface area contributed by atoms with Crippen LogP contribution in [0.5, 0.6) is 5.75 Å². The molecule has 0 spiro atoms. The Kier molecular flexibility index (Phi) is 6.81. The lowest BCUT2D eigenvalue weighted by Crippen LogP contribution is -2.72. The van der Waals surface area contributed by atoms with Gasteiger partial charge in [-0.15, -0.1) is 0 Å². The second-order valence-corrected chi connectivity index (χ2v) is 6.85. The summed E-state index contributed by atoms with van der Waals surface area (Å²) in [4.78, 5) is -1.03. The van der Waals surface area contributed by atoms with Crippen LogP contribution in [0.25, 0.3) is 0 Å². The zero-order chi connectivity index (χ0) is 24.9. The lowest BCUT2D eigenvalue weighted by atomic mass is 9.94. The number of halogens is 15. The summed E-state index contributed by atoms with van der Waals surface area (Å²) in [5.41, 5.74) is 0. The van der Waals surface area contributed by atoms with Crippen LogP contribution in [-0.4, -0.2) is 48.2 Å². The highest BCUT2D eigenvalue weighted by Crippen LogP contribution is 2.64. The van der Waals surface area contributed by atoms with E-state index in [2.05, 4.69) is 4.74 Å². The Bertz CT molecular complexity index is 769. The highest BCUT2D eigenvalue weighted by molar-refractivity contribution is 8.00. The Morgan fingerprint density at radius 3 is 1.26 bits per heavy atom. The molecule has 0 aliphatic heterocycles. The summed E-state index contributed by atoms with van der Waals surface area (Å²) in [7, 11) is 1.06. The Labute approximate surface area is 166 Å². The van der Waals surface area contributed by atoms with Crippen LogP contribution in [0.2, 0.25) is 0 Å². The zero-order valence-corrected chi connectivity index (χ0v) is 15.1. The van der Waals surface area contributed by atoms with Gasteiger partial charge in [-0.25, -0.2) is 0 Å². The summed E-state index contributed by atoms with van der Waals surface area (Å²) < 4.78 is 201. The van der Waals surface area contributed by atoms with Crippen LogP contribution in [-0.2, 0) is 0 Å². The summed E-state index contributed by atoms with van der Waals surface area (Å²) in [6.07, 6.45) is -7.62. The molecule has 0 aromatic heterocycles. The van der Waals surface area contributed by atoms with Gasteiger partial charge < -0.3 is 4.74 Å². The molecule has 0 aliphatic carbocycles. The minimum absolute atomic E-state index is 0.0784. The molecule has 0 saturated carbocycles. The Balaban J connectivity index is 3.45. The Morgan fingerprint density at radius 2 is 0.903 bits per heavy atom. The van der Waals surface area contributed by atoms with Gasteiger partial charge in [0.1, 0.15) is 5.75 Å². The van der Waals surface area contributed by atoms with Crippen LogP contribution >= 0.6 is 11.8 Å². The molecule has 0 fully saturated rings. The van der Waals surface area contributed by atoms with Gasteiger partial charge in [0.2, 0.25) is 0 Å². The second-order valence-electron chi connectivity index (χ2n) is 5.66. The van der Waals surface area contributed by atoms with E-state index in [0.717, 1.165) is 19.2 Å². The number of ether oxygens (including phenoxy) is 1. The van der Waals surface area contributed by atoms with Crippen molar-refractivity contribution in [1.82, 2.24) is 0 Å². The third kappa shape index (κ3) is 4.08. The molecule has 1 nitrogen and oxygen atoms in total. The molecule has 0 unspecified atom stereocenters. The van der Waals surface area contributed by atoms with Gasteiger partial charge in [-0.3, -0.25) is 0 Å². The number of hydrogen-bond donors (Lipinski definition) is 0. The number of thioether (sulfide) groups is 1. The summed E-state index contributed by atoms with van der Waals surface area (Å²) in [5, 5.41) is -6.39. The number of hydrogen-bond acceptors (Lipinski definition) is 2. The standard InChI is InChI=1S/C14H7F15OS/c1-30-6-2-4-7(5-3-6)31-14(28,29)12(23,24)10(19,20)8(15,16)9(17,18)11(21,22)13(25,26)27/h2-5H,1H3. The van der Waals surface area contributed by atoms with E-state index in [0.29, 0.717) is 12.1 Å². The molecule has 0 radical (unpaired) electrons. The van der Waals surface area contributed by atoms with Gasteiger partial charge in [0.05, 0.1) is 7.11 Å². The van der Waals surface area contributed by atoms with Crippen LogP contribution in [0.15, 0.2) is 29.2 Å². The van der Waals surface area contributed by atoms with Crippen molar-refractivity contribution in [2.45, 2.75) is 45.9 Å². The van der Waals surface area contributed by atoms with E-state index < -0.39 is 57.7 Å². The number of benzene rings is 1. The predicted molar refractivity (Wildman–Crippen MR) is 74.6 cm³/mol. The molecule has 0 aliphatic rings. The average molecular weight is 508 g/mol. The van der Waals surface area contributed by atoms with Gasteiger partial charge in [0, 0.05) is 4.90 Å². The van der Waals surface area contributed by atoms with Crippen molar-refractivity contribution < 1.29 is 70.6 Å². The smallest absolute Gasteiger partial charge is 0.460 e. The van der Waals surface area contributed by atoms with Crippen molar-refractivity contribution in [2.24, 2.45) is 0 Å². The fourth-order valence-corrected chi connectivity index (χ4v) is 2.63. The van der Waals surface area contributed by atoms with E-state index >= 15 is 0 Å².